The fraction of sp³-hybridized carbons (Fsp3) is 0.600. The van der Waals surface area contributed by atoms with Crippen LogP contribution in [-0.2, 0) is 0 Å². The molecule has 0 radical (unpaired) electrons. The van der Waals surface area contributed by atoms with E-state index >= 15 is 0 Å². The van der Waals surface area contributed by atoms with Crippen LogP contribution in [0.5, 0.6) is 0 Å². The summed E-state index contributed by atoms with van der Waals surface area (Å²) in [6.07, 6.45) is 4.01. The molecule has 1 aromatic rings. The zero-order valence-corrected chi connectivity index (χ0v) is 8.86. The third-order valence-electron chi connectivity index (χ3n) is 2.00. The molecule has 78 valence electrons. The third kappa shape index (κ3) is 2.87. The van der Waals surface area contributed by atoms with E-state index in [1.54, 1.807) is 6.92 Å². The number of hydrogen-bond donors (Lipinski definition) is 0. The lowest BCUT2D eigenvalue weighted by molar-refractivity contribution is 0.503. The van der Waals surface area contributed by atoms with Crippen LogP contribution < -0.4 is 4.90 Å². The summed E-state index contributed by atoms with van der Waals surface area (Å²) in [6, 6.07) is 0.620. The second-order valence-corrected chi connectivity index (χ2v) is 3.11. The van der Waals surface area contributed by atoms with E-state index in [4.69, 9.17) is 4.42 Å². The Balaban J connectivity index is 2.49. The number of aromatic nitrogens is 2. The van der Waals surface area contributed by atoms with Crippen molar-refractivity contribution >= 4 is 6.01 Å². The molecule has 14 heavy (non-hydrogen) atoms. The number of rotatable bonds is 6. The molecule has 4 heteroatoms. The van der Waals surface area contributed by atoms with Crippen molar-refractivity contribution in [3.05, 3.63) is 18.5 Å². The quantitative estimate of drug-likeness (QED) is 0.515. The summed E-state index contributed by atoms with van der Waals surface area (Å²) in [5, 5.41) is 7.78. The van der Waals surface area contributed by atoms with Crippen LogP contribution in [0, 0.1) is 6.92 Å². The molecule has 0 unspecified atom stereocenters. The van der Waals surface area contributed by atoms with Crippen molar-refractivity contribution in [1.82, 2.24) is 10.2 Å². The first kappa shape index (κ1) is 10.8. The van der Waals surface area contributed by atoms with Crippen LogP contribution in [0.4, 0.5) is 6.01 Å². The lowest BCUT2D eigenvalue weighted by Gasteiger charge is -2.16. The lowest BCUT2D eigenvalue weighted by atomic mass is 10.3. The molecule has 0 N–H and O–H groups in total. The van der Waals surface area contributed by atoms with Crippen LogP contribution in [0.2, 0.25) is 0 Å². The third-order valence-corrected chi connectivity index (χ3v) is 2.00. The van der Waals surface area contributed by atoms with Gasteiger partial charge in [0.1, 0.15) is 0 Å². The van der Waals surface area contributed by atoms with Crippen molar-refractivity contribution in [2.45, 2.75) is 26.7 Å². The van der Waals surface area contributed by atoms with E-state index in [2.05, 4.69) is 28.6 Å². The van der Waals surface area contributed by atoms with Crippen molar-refractivity contribution in [3.63, 3.8) is 0 Å². The Hall–Kier alpha value is -1.32. The minimum Gasteiger partial charge on any atom is -0.408 e. The molecular formula is C10H17N3O. The lowest BCUT2D eigenvalue weighted by Crippen LogP contribution is -2.24. The zero-order chi connectivity index (χ0) is 10.4. The normalized spacial score (nSPS) is 10.1. The van der Waals surface area contributed by atoms with Gasteiger partial charge in [-0.15, -0.1) is 11.7 Å². The predicted octanol–water partition coefficient (Wildman–Crippen LogP) is 2.17. The monoisotopic (exact) mass is 195 g/mol. The average Bonchev–Trinajstić information content (AvgIpc) is 2.60. The summed E-state index contributed by atoms with van der Waals surface area (Å²) in [4.78, 5) is 2.07. The Bertz CT molecular complexity index is 283. The Morgan fingerprint density at radius 3 is 2.79 bits per heavy atom. The minimum absolute atomic E-state index is 0.613. The van der Waals surface area contributed by atoms with Crippen molar-refractivity contribution in [2.75, 3.05) is 18.0 Å². The Labute approximate surface area is 84.6 Å². The van der Waals surface area contributed by atoms with Crippen molar-refractivity contribution in [1.29, 1.82) is 0 Å². The Morgan fingerprint density at radius 2 is 2.29 bits per heavy atom. The second kappa shape index (κ2) is 5.42. The molecule has 0 aliphatic carbocycles. The molecular weight excluding hydrogens is 178 g/mol. The van der Waals surface area contributed by atoms with E-state index in [0.717, 1.165) is 25.9 Å². The highest BCUT2D eigenvalue weighted by molar-refractivity contribution is 5.22. The van der Waals surface area contributed by atoms with Gasteiger partial charge in [-0.1, -0.05) is 11.2 Å². The van der Waals surface area contributed by atoms with Crippen LogP contribution in [-0.4, -0.2) is 23.3 Å². The molecule has 1 aromatic heterocycles. The van der Waals surface area contributed by atoms with Crippen molar-refractivity contribution in [2.24, 2.45) is 0 Å². The first-order valence-corrected chi connectivity index (χ1v) is 4.94. The highest BCUT2D eigenvalue weighted by Crippen LogP contribution is 2.11. The van der Waals surface area contributed by atoms with Gasteiger partial charge in [-0.05, 0) is 19.8 Å². The molecule has 0 aromatic carbocycles. The molecule has 0 spiro atoms. The molecule has 0 bridgehead atoms. The average molecular weight is 195 g/mol. The van der Waals surface area contributed by atoms with E-state index in [9.17, 15) is 0 Å². The van der Waals surface area contributed by atoms with Gasteiger partial charge in [0.25, 0.3) is 0 Å². The van der Waals surface area contributed by atoms with Crippen molar-refractivity contribution in [3.8, 4) is 0 Å². The number of unbranched alkanes of at least 4 members (excludes halogenated alkanes) is 1. The van der Waals surface area contributed by atoms with Gasteiger partial charge in [0.05, 0.1) is 0 Å². The summed E-state index contributed by atoms with van der Waals surface area (Å²) < 4.78 is 5.35. The van der Waals surface area contributed by atoms with Crippen LogP contribution in [0.1, 0.15) is 25.7 Å². The van der Waals surface area contributed by atoms with Gasteiger partial charge in [0, 0.05) is 20.0 Å². The second-order valence-electron chi connectivity index (χ2n) is 3.11. The summed E-state index contributed by atoms with van der Waals surface area (Å²) in [5.74, 6) is 0.613. The molecule has 4 nitrogen and oxygen atoms in total. The molecule has 0 saturated carbocycles. The van der Waals surface area contributed by atoms with Gasteiger partial charge < -0.3 is 9.32 Å². The van der Waals surface area contributed by atoms with Crippen LogP contribution in [0.25, 0.3) is 0 Å². The zero-order valence-electron chi connectivity index (χ0n) is 8.86. The smallest absolute Gasteiger partial charge is 0.318 e. The molecule has 1 heterocycles. The van der Waals surface area contributed by atoms with Gasteiger partial charge in [-0.2, -0.15) is 0 Å². The highest BCUT2D eigenvalue weighted by Gasteiger charge is 2.09. The van der Waals surface area contributed by atoms with E-state index < -0.39 is 0 Å². The number of aryl methyl sites for hydroxylation is 1. The van der Waals surface area contributed by atoms with Gasteiger partial charge in [-0.3, -0.25) is 0 Å². The van der Waals surface area contributed by atoms with E-state index in [-0.39, 0.29) is 0 Å². The number of anilines is 1. The minimum atomic E-state index is 0.613. The predicted molar refractivity (Wildman–Crippen MR) is 56.4 cm³/mol. The molecule has 0 atom stereocenters. The molecule has 0 aliphatic heterocycles. The largest absolute Gasteiger partial charge is 0.408 e. The summed E-state index contributed by atoms with van der Waals surface area (Å²) in [5.41, 5.74) is 0. The molecule has 0 amide bonds. The van der Waals surface area contributed by atoms with Gasteiger partial charge in [-0.25, -0.2) is 0 Å². The Morgan fingerprint density at radius 1 is 1.50 bits per heavy atom. The molecule has 0 aliphatic rings. The SMILES string of the molecule is C=CCCCN(CC)c1nnc(C)o1. The maximum absolute atomic E-state index is 5.35. The summed E-state index contributed by atoms with van der Waals surface area (Å²) in [6.45, 7) is 9.39. The van der Waals surface area contributed by atoms with Crippen LogP contribution in [0.3, 0.4) is 0 Å². The summed E-state index contributed by atoms with van der Waals surface area (Å²) >= 11 is 0. The van der Waals surface area contributed by atoms with Crippen LogP contribution >= 0.6 is 0 Å². The first-order chi connectivity index (χ1) is 6.77. The van der Waals surface area contributed by atoms with E-state index in [1.165, 1.54) is 0 Å². The van der Waals surface area contributed by atoms with Gasteiger partial charge in [0.2, 0.25) is 5.89 Å². The molecule has 0 fully saturated rings. The summed E-state index contributed by atoms with van der Waals surface area (Å²) in [7, 11) is 0. The standard InChI is InChI=1S/C10H17N3O/c1-4-6-7-8-13(5-2)10-12-11-9(3)14-10/h4H,1,5-8H2,2-3H3. The number of nitrogens with zero attached hydrogens (tertiary/aromatic N) is 3. The number of allylic oxidation sites excluding steroid dienone is 1. The first-order valence-electron chi connectivity index (χ1n) is 4.94. The fourth-order valence-corrected chi connectivity index (χ4v) is 1.23. The maximum atomic E-state index is 5.35. The highest BCUT2D eigenvalue weighted by atomic mass is 16.4. The fourth-order valence-electron chi connectivity index (χ4n) is 1.23. The van der Waals surface area contributed by atoms with Gasteiger partial charge >= 0.3 is 6.01 Å². The molecule has 0 saturated heterocycles. The topological polar surface area (TPSA) is 42.2 Å². The van der Waals surface area contributed by atoms with Gasteiger partial charge in [0.15, 0.2) is 0 Å². The molecule has 1 rings (SSSR count). The van der Waals surface area contributed by atoms with E-state index in [1.807, 2.05) is 6.08 Å². The number of hydrogen-bond acceptors (Lipinski definition) is 4. The Kier molecular flexibility index (Phi) is 4.16. The van der Waals surface area contributed by atoms with Crippen LogP contribution in [0.15, 0.2) is 17.1 Å². The van der Waals surface area contributed by atoms with Crippen molar-refractivity contribution < 1.29 is 4.42 Å². The van der Waals surface area contributed by atoms with E-state index in [0.29, 0.717) is 11.9 Å². The maximum Gasteiger partial charge on any atom is 0.318 e.